The summed E-state index contributed by atoms with van der Waals surface area (Å²) in [4.78, 5) is 6.68. The third-order valence-corrected chi connectivity index (χ3v) is 3.68. The number of piperidine rings is 1. The third kappa shape index (κ3) is 2.55. The molecule has 2 rings (SSSR count). The molecule has 0 bridgehead atoms. The average molecular weight is 235 g/mol. The maximum absolute atomic E-state index is 4.53. The smallest absolute Gasteiger partial charge is 0.197 e. The van der Waals surface area contributed by atoms with Crippen molar-refractivity contribution in [3.63, 3.8) is 0 Å². The van der Waals surface area contributed by atoms with Crippen LogP contribution < -0.4 is 10.2 Å². The summed E-state index contributed by atoms with van der Waals surface area (Å²) >= 11 is 1.68. The summed E-state index contributed by atoms with van der Waals surface area (Å²) < 4.78 is 0. The van der Waals surface area contributed by atoms with Gasteiger partial charge in [-0.05, 0) is 39.8 Å². The lowest BCUT2D eigenvalue weighted by atomic mass is 10.1. The van der Waals surface area contributed by atoms with Gasteiger partial charge in [0.25, 0.3) is 0 Å². The minimum absolute atomic E-state index is 0.513. The van der Waals surface area contributed by atoms with Gasteiger partial charge in [-0.3, -0.25) is 4.90 Å². The van der Waals surface area contributed by atoms with Gasteiger partial charge in [-0.15, -0.1) is 11.3 Å². The van der Waals surface area contributed by atoms with E-state index in [4.69, 9.17) is 0 Å². The molecule has 1 aromatic rings. The Morgan fingerprint density at radius 2 is 2.25 bits per heavy atom. The maximum Gasteiger partial charge on any atom is 0.197 e. The molecule has 0 aliphatic carbocycles. The van der Waals surface area contributed by atoms with Crippen molar-refractivity contribution in [1.29, 1.82) is 0 Å². The van der Waals surface area contributed by atoms with Crippen LogP contribution in [0.4, 0.5) is 5.13 Å². The highest BCUT2D eigenvalue weighted by Crippen LogP contribution is 2.24. The molecule has 0 aromatic carbocycles. The molecule has 2 heterocycles. The molecule has 1 aromatic heterocycles. The number of rotatable bonds is 2. The first-order valence-electron chi connectivity index (χ1n) is 5.65. The van der Waals surface area contributed by atoms with Crippen molar-refractivity contribution in [2.45, 2.75) is 32.7 Å². The van der Waals surface area contributed by atoms with E-state index >= 15 is 0 Å². The highest BCUT2D eigenvalue weighted by Gasteiger charge is 2.21. The van der Waals surface area contributed by atoms with Crippen molar-refractivity contribution in [3.05, 3.63) is 11.1 Å². The summed E-state index contributed by atoms with van der Waals surface area (Å²) in [6, 6.07) is 3.70. The lowest BCUT2D eigenvalue weighted by Gasteiger charge is -2.29. The fourth-order valence-electron chi connectivity index (χ4n) is 1.93. The number of nitrogens with one attached hydrogen (secondary N) is 1. The molecule has 1 saturated heterocycles. The summed E-state index contributed by atoms with van der Waals surface area (Å²) in [5, 5.41) is 6.50. The largest absolute Gasteiger partial charge is 0.317 e. The lowest BCUT2D eigenvalue weighted by Crippen LogP contribution is -2.41. The van der Waals surface area contributed by atoms with Crippen LogP contribution in [0, 0.1) is 18.9 Å². The maximum atomic E-state index is 4.53. The summed E-state index contributed by atoms with van der Waals surface area (Å²) in [7, 11) is 0. The number of anilines is 1. The number of hydrogen-bond donors (Lipinski definition) is 1. The Balaban J connectivity index is 2.18. The molecule has 1 aliphatic rings. The molecule has 1 aliphatic heterocycles. The Hall–Kier alpha value is -1.05. The number of nitrogens with zero attached hydrogens (tertiary/aromatic N) is 2. The highest BCUT2D eigenvalue weighted by molar-refractivity contribution is 7.13. The quantitative estimate of drug-likeness (QED) is 0.627. The van der Waals surface area contributed by atoms with E-state index in [1.165, 1.54) is 0 Å². The second kappa shape index (κ2) is 5.33. The zero-order chi connectivity index (χ0) is 11.4. The topological polar surface area (TPSA) is 28.2 Å². The summed E-state index contributed by atoms with van der Waals surface area (Å²) in [5.74, 6) is 3.00. The van der Waals surface area contributed by atoms with Crippen LogP contribution in [0.5, 0.6) is 0 Å². The van der Waals surface area contributed by atoms with Crippen molar-refractivity contribution in [1.82, 2.24) is 10.3 Å². The van der Waals surface area contributed by atoms with Gasteiger partial charge < -0.3 is 5.32 Å². The number of thiazole rings is 1. The molecule has 86 valence electrons. The highest BCUT2D eigenvalue weighted by atomic mass is 32.1. The molecule has 0 saturated carbocycles. The van der Waals surface area contributed by atoms with Crippen LogP contribution in [0.25, 0.3) is 0 Å². The van der Waals surface area contributed by atoms with Gasteiger partial charge in [0.15, 0.2) is 5.13 Å². The zero-order valence-corrected chi connectivity index (χ0v) is 10.6. The van der Waals surface area contributed by atoms with E-state index in [-0.39, 0.29) is 0 Å². The molecular formula is C12H17N3S. The fraction of sp³-hybridized carbons (Fsp3) is 0.583. The van der Waals surface area contributed by atoms with E-state index in [2.05, 4.69) is 32.5 Å². The Bertz CT molecular complexity index is 396. The SMILES string of the molecule is CC#CN(c1nc(C)cs1)C1CCNCC1. The molecular weight excluding hydrogens is 218 g/mol. The summed E-state index contributed by atoms with van der Waals surface area (Å²) in [5.41, 5.74) is 1.08. The summed E-state index contributed by atoms with van der Waals surface area (Å²) in [6.45, 7) is 6.07. The molecule has 0 amide bonds. The molecule has 0 unspecified atom stereocenters. The van der Waals surface area contributed by atoms with E-state index in [9.17, 15) is 0 Å². The molecule has 3 nitrogen and oxygen atoms in total. The lowest BCUT2D eigenvalue weighted by molar-refractivity contribution is 0.453. The number of hydrogen-bond acceptors (Lipinski definition) is 4. The fourth-order valence-corrected chi connectivity index (χ4v) is 2.77. The van der Waals surface area contributed by atoms with Gasteiger partial charge >= 0.3 is 0 Å². The molecule has 0 spiro atoms. The average Bonchev–Trinajstić information content (AvgIpc) is 2.74. The van der Waals surface area contributed by atoms with Gasteiger partial charge in [0.2, 0.25) is 0 Å². The molecule has 16 heavy (non-hydrogen) atoms. The number of aromatic nitrogens is 1. The van der Waals surface area contributed by atoms with Gasteiger partial charge in [0, 0.05) is 17.5 Å². The van der Waals surface area contributed by atoms with E-state index in [0.717, 1.165) is 36.8 Å². The van der Waals surface area contributed by atoms with Crippen molar-refractivity contribution in [2.24, 2.45) is 0 Å². The monoisotopic (exact) mass is 235 g/mol. The van der Waals surface area contributed by atoms with Crippen LogP contribution in [0.2, 0.25) is 0 Å². The predicted octanol–water partition coefficient (Wildman–Crippen LogP) is 1.99. The van der Waals surface area contributed by atoms with Crippen molar-refractivity contribution in [2.75, 3.05) is 18.0 Å². The van der Waals surface area contributed by atoms with Crippen LogP contribution in [0.3, 0.4) is 0 Å². The van der Waals surface area contributed by atoms with Gasteiger partial charge in [0.05, 0.1) is 5.69 Å². The first kappa shape index (κ1) is 11.4. The van der Waals surface area contributed by atoms with Crippen LogP contribution in [0.15, 0.2) is 5.38 Å². The molecule has 0 radical (unpaired) electrons. The molecule has 0 atom stereocenters. The Kier molecular flexibility index (Phi) is 3.81. The predicted molar refractivity (Wildman–Crippen MR) is 68.7 cm³/mol. The van der Waals surface area contributed by atoms with Gasteiger partial charge in [-0.1, -0.05) is 5.92 Å². The van der Waals surface area contributed by atoms with Gasteiger partial charge in [0.1, 0.15) is 0 Å². The van der Waals surface area contributed by atoms with Gasteiger partial charge in [-0.25, -0.2) is 4.98 Å². The summed E-state index contributed by atoms with van der Waals surface area (Å²) in [6.07, 6.45) is 2.29. The van der Waals surface area contributed by atoms with Crippen molar-refractivity contribution in [3.8, 4) is 12.0 Å². The first-order valence-corrected chi connectivity index (χ1v) is 6.53. The van der Waals surface area contributed by atoms with Crippen LogP contribution >= 0.6 is 11.3 Å². The minimum atomic E-state index is 0.513. The van der Waals surface area contributed by atoms with Crippen LogP contribution in [-0.4, -0.2) is 24.1 Å². The second-order valence-corrected chi connectivity index (χ2v) is 4.82. The van der Waals surface area contributed by atoms with Crippen LogP contribution in [0.1, 0.15) is 25.5 Å². The van der Waals surface area contributed by atoms with Gasteiger partial charge in [-0.2, -0.15) is 0 Å². The van der Waals surface area contributed by atoms with E-state index < -0.39 is 0 Å². The molecule has 1 fully saturated rings. The molecule has 4 heteroatoms. The Morgan fingerprint density at radius 3 is 2.81 bits per heavy atom. The van der Waals surface area contributed by atoms with Crippen molar-refractivity contribution < 1.29 is 0 Å². The van der Waals surface area contributed by atoms with E-state index in [1.54, 1.807) is 11.3 Å². The third-order valence-electron chi connectivity index (χ3n) is 2.72. The van der Waals surface area contributed by atoms with Crippen LogP contribution in [-0.2, 0) is 0 Å². The van der Waals surface area contributed by atoms with E-state index in [1.807, 2.05) is 13.8 Å². The van der Waals surface area contributed by atoms with E-state index in [0.29, 0.717) is 6.04 Å². The Morgan fingerprint density at radius 1 is 1.50 bits per heavy atom. The Labute approximate surface area is 101 Å². The number of aryl methyl sites for hydroxylation is 1. The standard InChI is InChI=1S/C12H17N3S/c1-3-8-15(11-4-6-13-7-5-11)12-14-10(2)9-16-12/h9,11,13H,4-7H2,1-2H3. The molecule has 1 N–H and O–H groups in total. The van der Waals surface area contributed by atoms with Crippen molar-refractivity contribution >= 4 is 16.5 Å². The zero-order valence-electron chi connectivity index (χ0n) is 9.79. The second-order valence-electron chi connectivity index (χ2n) is 3.98. The first-order chi connectivity index (χ1) is 7.81. The normalized spacial score (nSPS) is 16.6. The minimum Gasteiger partial charge on any atom is -0.317 e.